The number of nitrogens with one attached hydrogen (secondary N) is 1. The molecule has 0 aromatic heterocycles. The fourth-order valence-electron chi connectivity index (χ4n) is 3.60. The molecule has 2 aromatic rings. The third-order valence-corrected chi connectivity index (χ3v) is 4.64. The standard InChI is InChI=1S/C18H19NO2/c1-11-2-7-16-15(10-11)18-14(8-9-21-18)17(19-16)12-3-5-13(20)6-4-12/h2-7,10,14,17-20H,8-9H2,1H3/t14-,17-,18-/m0/s1. The number of benzene rings is 2. The molecule has 3 nitrogen and oxygen atoms in total. The third kappa shape index (κ3) is 2.09. The molecule has 2 N–H and O–H groups in total. The van der Waals surface area contributed by atoms with Gasteiger partial charge in [0.15, 0.2) is 0 Å². The van der Waals surface area contributed by atoms with E-state index in [1.807, 2.05) is 12.1 Å². The molecule has 2 aliphatic heterocycles. The molecule has 1 saturated heterocycles. The van der Waals surface area contributed by atoms with E-state index in [0.717, 1.165) is 13.0 Å². The van der Waals surface area contributed by atoms with Gasteiger partial charge in [0.05, 0.1) is 12.1 Å². The molecular weight excluding hydrogens is 262 g/mol. The van der Waals surface area contributed by atoms with Crippen molar-refractivity contribution in [3.8, 4) is 5.75 Å². The molecule has 21 heavy (non-hydrogen) atoms. The van der Waals surface area contributed by atoms with E-state index in [9.17, 15) is 5.11 Å². The SMILES string of the molecule is Cc1ccc2c(c1)[C@H]1OCC[C@H]1[C@H](c1ccc(O)cc1)N2. The van der Waals surface area contributed by atoms with Crippen LogP contribution >= 0.6 is 0 Å². The summed E-state index contributed by atoms with van der Waals surface area (Å²) < 4.78 is 6.02. The lowest BCUT2D eigenvalue weighted by molar-refractivity contribution is 0.0829. The minimum absolute atomic E-state index is 0.181. The summed E-state index contributed by atoms with van der Waals surface area (Å²) in [5.74, 6) is 0.758. The Kier molecular flexibility index (Phi) is 2.89. The Bertz CT molecular complexity index is 665. The van der Waals surface area contributed by atoms with Crippen LogP contribution in [0.1, 0.15) is 35.3 Å². The fourth-order valence-corrected chi connectivity index (χ4v) is 3.60. The van der Waals surface area contributed by atoms with Gasteiger partial charge in [0.1, 0.15) is 5.75 Å². The number of hydrogen-bond donors (Lipinski definition) is 2. The van der Waals surface area contributed by atoms with Gasteiger partial charge in [-0.3, -0.25) is 0 Å². The van der Waals surface area contributed by atoms with Crippen LogP contribution in [0.2, 0.25) is 0 Å². The van der Waals surface area contributed by atoms with Gasteiger partial charge in [-0.25, -0.2) is 0 Å². The number of phenols is 1. The molecule has 1 fully saturated rings. The molecule has 0 spiro atoms. The van der Waals surface area contributed by atoms with Crippen molar-refractivity contribution in [3.05, 3.63) is 59.2 Å². The third-order valence-electron chi connectivity index (χ3n) is 4.64. The van der Waals surface area contributed by atoms with Crippen LogP contribution in [0.15, 0.2) is 42.5 Å². The molecule has 0 unspecified atom stereocenters. The highest BCUT2D eigenvalue weighted by atomic mass is 16.5. The molecule has 2 aliphatic rings. The molecule has 4 rings (SSSR count). The fraction of sp³-hybridized carbons (Fsp3) is 0.333. The second-order valence-electron chi connectivity index (χ2n) is 6.05. The maximum Gasteiger partial charge on any atom is 0.115 e. The van der Waals surface area contributed by atoms with Crippen molar-refractivity contribution >= 4 is 5.69 Å². The smallest absolute Gasteiger partial charge is 0.115 e. The first-order valence-corrected chi connectivity index (χ1v) is 7.50. The van der Waals surface area contributed by atoms with Crippen molar-refractivity contribution in [2.75, 3.05) is 11.9 Å². The molecule has 0 amide bonds. The van der Waals surface area contributed by atoms with E-state index in [-0.39, 0.29) is 12.1 Å². The molecule has 2 aromatic carbocycles. The van der Waals surface area contributed by atoms with Crippen molar-refractivity contribution in [3.63, 3.8) is 0 Å². The summed E-state index contributed by atoms with van der Waals surface area (Å²) in [6.07, 6.45) is 1.25. The van der Waals surface area contributed by atoms with Crippen molar-refractivity contribution in [2.45, 2.75) is 25.5 Å². The number of ether oxygens (including phenoxy) is 1. The van der Waals surface area contributed by atoms with E-state index < -0.39 is 0 Å². The maximum atomic E-state index is 9.49. The first kappa shape index (κ1) is 12.7. The molecule has 3 heteroatoms. The van der Waals surface area contributed by atoms with Crippen molar-refractivity contribution in [1.82, 2.24) is 0 Å². The van der Waals surface area contributed by atoms with Gasteiger partial charge >= 0.3 is 0 Å². The van der Waals surface area contributed by atoms with Crippen LogP contribution in [0, 0.1) is 12.8 Å². The van der Waals surface area contributed by atoms with E-state index in [1.54, 1.807) is 12.1 Å². The Morgan fingerprint density at radius 3 is 2.76 bits per heavy atom. The molecule has 0 radical (unpaired) electrons. The Labute approximate surface area is 124 Å². The van der Waals surface area contributed by atoms with Gasteiger partial charge in [0.2, 0.25) is 0 Å². The van der Waals surface area contributed by atoms with Crippen LogP contribution in [0.5, 0.6) is 5.75 Å². The topological polar surface area (TPSA) is 41.5 Å². The maximum absolute atomic E-state index is 9.49. The summed E-state index contributed by atoms with van der Waals surface area (Å²) in [6.45, 7) is 2.94. The Morgan fingerprint density at radius 2 is 1.95 bits per heavy atom. The number of aryl methyl sites for hydroxylation is 1. The zero-order valence-electron chi connectivity index (χ0n) is 12.0. The average molecular weight is 281 g/mol. The lowest BCUT2D eigenvalue weighted by atomic mass is 9.80. The van der Waals surface area contributed by atoms with Gasteiger partial charge in [0.25, 0.3) is 0 Å². The predicted molar refractivity (Wildman–Crippen MR) is 82.4 cm³/mol. The summed E-state index contributed by atoms with van der Waals surface area (Å²) >= 11 is 0. The second-order valence-corrected chi connectivity index (χ2v) is 6.05. The molecule has 0 bridgehead atoms. The number of phenolic OH excluding ortho intramolecular Hbond substituents is 1. The first-order valence-electron chi connectivity index (χ1n) is 7.50. The first-order chi connectivity index (χ1) is 10.2. The monoisotopic (exact) mass is 281 g/mol. The summed E-state index contributed by atoms with van der Waals surface area (Å²) in [5, 5.41) is 13.2. The quantitative estimate of drug-likeness (QED) is 0.831. The van der Waals surface area contributed by atoms with Crippen LogP contribution < -0.4 is 5.32 Å². The molecular formula is C18H19NO2. The van der Waals surface area contributed by atoms with E-state index >= 15 is 0 Å². The van der Waals surface area contributed by atoms with Crippen molar-refractivity contribution < 1.29 is 9.84 Å². The minimum Gasteiger partial charge on any atom is -0.508 e. The number of fused-ring (bicyclic) bond motifs is 3. The number of hydrogen-bond acceptors (Lipinski definition) is 3. The van der Waals surface area contributed by atoms with Gasteiger partial charge in [-0.15, -0.1) is 0 Å². The molecule has 3 atom stereocenters. The number of rotatable bonds is 1. The molecule has 2 heterocycles. The summed E-state index contributed by atoms with van der Waals surface area (Å²) in [6, 6.07) is 14.3. The number of aromatic hydroxyl groups is 1. The van der Waals surface area contributed by atoms with Crippen LogP contribution in [0.3, 0.4) is 0 Å². The van der Waals surface area contributed by atoms with E-state index in [1.165, 1.54) is 22.4 Å². The van der Waals surface area contributed by atoms with Crippen molar-refractivity contribution in [2.24, 2.45) is 5.92 Å². The number of anilines is 1. The van der Waals surface area contributed by atoms with Gasteiger partial charge in [0, 0.05) is 23.8 Å². The van der Waals surface area contributed by atoms with Crippen LogP contribution in [-0.4, -0.2) is 11.7 Å². The highest BCUT2D eigenvalue weighted by molar-refractivity contribution is 5.58. The van der Waals surface area contributed by atoms with Crippen LogP contribution in [0.25, 0.3) is 0 Å². The normalized spacial score (nSPS) is 26.8. The highest BCUT2D eigenvalue weighted by Gasteiger charge is 2.41. The zero-order valence-corrected chi connectivity index (χ0v) is 12.0. The van der Waals surface area contributed by atoms with E-state index in [4.69, 9.17) is 4.74 Å². The minimum atomic E-state index is 0.181. The summed E-state index contributed by atoms with van der Waals surface area (Å²) in [4.78, 5) is 0. The van der Waals surface area contributed by atoms with E-state index in [2.05, 4.69) is 30.4 Å². The summed E-state index contributed by atoms with van der Waals surface area (Å²) in [7, 11) is 0. The second kappa shape index (κ2) is 4.78. The molecule has 0 saturated carbocycles. The van der Waals surface area contributed by atoms with Gasteiger partial charge in [-0.1, -0.05) is 29.8 Å². The van der Waals surface area contributed by atoms with Crippen LogP contribution in [-0.2, 0) is 4.74 Å². The summed E-state index contributed by atoms with van der Waals surface area (Å²) in [5.41, 5.74) is 4.93. The predicted octanol–water partition coefficient (Wildman–Crippen LogP) is 3.95. The van der Waals surface area contributed by atoms with Crippen LogP contribution in [0.4, 0.5) is 5.69 Å². The molecule has 108 valence electrons. The van der Waals surface area contributed by atoms with Gasteiger partial charge < -0.3 is 15.2 Å². The van der Waals surface area contributed by atoms with Gasteiger partial charge in [-0.2, -0.15) is 0 Å². The Balaban J connectivity index is 1.77. The van der Waals surface area contributed by atoms with Gasteiger partial charge in [-0.05, 0) is 37.1 Å². The highest BCUT2D eigenvalue weighted by Crippen LogP contribution is 2.50. The largest absolute Gasteiger partial charge is 0.508 e. The Morgan fingerprint density at radius 1 is 1.14 bits per heavy atom. The zero-order chi connectivity index (χ0) is 14.4. The van der Waals surface area contributed by atoms with Crippen molar-refractivity contribution in [1.29, 1.82) is 0 Å². The molecule has 0 aliphatic carbocycles. The Hall–Kier alpha value is -2.00. The average Bonchev–Trinajstić information content (AvgIpc) is 2.97. The lowest BCUT2D eigenvalue weighted by Crippen LogP contribution is -2.29. The lowest BCUT2D eigenvalue weighted by Gasteiger charge is -2.36. The van der Waals surface area contributed by atoms with E-state index in [0.29, 0.717) is 11.7 Å².